The molecular weight excluding hydrogens is 448 g/mol. The predicted octanol–water partition coefficient (Wildman–Crippen LogP) is 3.57. The third-order valence-electron chi connectivity index (χ3n) is 4.01. The van der Waals surface area contributed by atoms with Gasteiger partial charge in [0.25, 0.3) is 17.5 Å². The highest BCUT2D eigenvalue weighted by atomic mass is 19.4. The maximum Gasteiger partial charge on any atom is 0.416 e. The van der Waals surface area contributed by atoms with Crippen LogP contribution in [0, 0.1) is 13.8 Å². The number of amides is 1. The van der Waals surface area contributed by atoms with Gasteiger partial charge in [0.1, 0.15) is 0 Å². The van der Waals surface area contributed by atoms with Gasteiger partial charge in [-0.3, -0.25) is 4.79 Å². The number of nitrogens with zero attached hydrogens (tertiary/aromatic N) is 4. The summed E-state index contributed by atoms with van der Waals surface area (Å²) in [5, 5.41) is 5.72. The first kappa shape index (κ1) is 23.0. The summed E-state index contributed by atoms with van der Waals surface area (Å²) in [5.41, 5.74) is -2.75. The lowest BCUT2D eigenvalue weighted by Crippen LogP contribution is -2.22. The number of rotatable bonds is 4. The van der Waals surface area contributed by atoms with E-state index in [1.165, 1.54) is 4.52 Å². The van der Waals surface area contributed by atoms with Crippen LogP contribution in [0.15, 0.2) is 24.3 Å². The van der Waals surface area contributed by atoms with Crippen molar-refractivity contribution in [1.82, 2.24) is 19.6 Å². The lowest BCUT2D eigenvalue weighted by molar-refractivity contribution is -0.143. The Balaban J connectivity index is 1.72. The molecule has 0 atom stereocenters. The minimum atomic E-state index is -5.08. The molecule has 0 fully saturated rings. The fourth-order valence-corrected chi connectivity index (χ4v) is 2.67. The van der Waals surface area contributed by atoms with Gasteiger partial charge in [-0.2, -0.15) is 31.3 Å². The Morgan fingerprint density at radius 3 is 2.12 bits per heavy atom. The third-order valence-corrected chi connectivity index (χ3v) is 4.01. The highest BCUT2D eigenvalue weighted by Crippen LogP contribution is 2.37. The van der Waals surface area contributed by atoms with Crippen LogP contribution in [0.4, 0.5) is 32.0 Å². The van der Waals surface area contributed by atoms with Gasteiger partial charge >= 0.3 is 18.3 Å². The van der Waals surface area contributed by atoms with E-state index in [0.717, 1.165) is 0 Å². The average molecular weight is 461 g/mol. The second kappa shape index (κ2) is 8.09. The van der Waals surface area contributed by atoms with Gasteiger partial charge in [0.15, 0.2) is 6.61 Å². The average Bonchev–Trinajstić information content (AvgIpc) is 3.09. The molecule has 0 aliphatic heterocycles. The van der Waals surface area contributed by atoms with Crippen LogP contribution in [0.1, 0.15) is 33.1 Å². The molecule has 2 aromatic heterocycles. The van der Waals surface area contributed by atoms with E-state index < -0.39 is 53.5 Å². The Morgan fingerprint density at radius 2 is 1.56 bits per heavy atom. The van der Waals surface area contributed by atoms with Crippen molar-refractivity contribution < 1.29 is 40.7 Å². The van der Waals surface area contributed by atoms with Crippen LogP contribution >= 0.6 is 0 Å². The Bertz CT molecular complexity index is 1170. The molecule has 14 heteroatoms. The van der Waals surface area contributed by atoms with Gasteiger partial charge in [0.2, 0.25) is 0 Å². The first-order valence-corrected chi connectivity index (χ1v) is 8.71. The van der Waals surface area contributed by atoms with Crippen molar-refractivity contribution >= 4 is 23.3 Å². The maximum absolute atomic E-state index is 12.9. The van der Waals surface area contributed by atoms with E-state index in [1.54, 1.807) is 19.9 Å². The van der Waals surface area contributed by atoms with E-state index in [-0.39, 0.29) is 11.8 Å². The van der Waals surface area contributed by atoms with Gasteiger partial charge in [0.05, 0.1) is 11.1 Å². The molecule has 0 saturated heterocycles. The number of hydrogen-bond acceptors (Lipinski definition) is 6. The molecule has 0 saturated carbocycles. The summed E-state index contributed by atoms with van der Waals surface area (Å²) >= 11 is 0. The van der Waals surface area contributed by atoms with Crippen molar-refractivity contribution in [2.45, 2.75) is 26.2 Å². The molecule has 0 radical (unpaired) electrons. The molecule has 0 aliphatic rings. The number of carbonyl (C=O) groups excluding carboxylic acids is 2. The van der Waals surface area contributed by atoms with Crippen LogP contribution in [0.2, 0.25) is 0 Å². The number of esters is 1. The lowest BCUT2D eigenvalue weighted by Gasteiger charge is -2.14. The van der Waals surface area contributed by atoms with Crippen LogP contribution in [0.5, 0.6) is 0 Å². The summed E-state index contributed by atoms with van der Waals surface area (Å²) in [5.74, 6) is -2.64. The van der Waals surface area contributed by atoms with Gasteiger partial charge in [-0.25, -0.2) is 14.3 Å². The molecule has 0 aliphatic carbocycles. The number of benzene rings is 1. The highest BCUT2D eigenvalue weighted by molar-refractivity contribution is 5.94. The number of fused-ring (bicyclic) bond motifs is 1. The van der Waals surface area contributed by atoms with E-state index in [2.05, 4.69) is 15.1 Å². The maximum atomic E-state index is 12.9. The summed E-state index contributed by atoms with van der Waals surface area (Å²) < 4.78 is 83.3. The zero-order valence-corrected chi connectivity index (χ0v) is 16.3. The fourth-order valence-electron chi connectivity index (χ4n) is 2.67. The molecule has 170 valence electrons. The number of aryl methyl sites for hydroxylation is 2. The quantitative estimate of drug-likeness (QED) is 0.471. The first-order chi connectivity index (χ1) is 14.7. The molecule has 0 bridgehead atoms. The molecule has 1 amide bonds. The number of ether oxygens (including phenoxy) is 1. The second-order valence-electron chi connectivity index (χ2n) is 6.60. The molecule has 8 nitrogen and oxygen atoms in total. The van der Waals surface area contributed by atoms with E-state index >= 15 is 0 Å². The van der Waals surface area contributed by atoms with E-state index in [0.29, 0.717) is 23.5 Å². The molecule has 3 aromatic rings. The van der Waals surface area contributed by atoms with Crippen LogP contribution < -0.4 is 5.32 Å². The minimum Gasteiger partial charge on any atom is -0.450 e. The number of hydrogen-bond donors (Lipinski definition) is 1. The summed E-state index contributed by atoms with van der Waals surface area (Å²) in [4.78, 5) is 31.9. The van der Waals surface area contributed by atoms with Crippen molar-refractivity contribution in [3.05, 3.63) is 52.6 Å². The molecule has 1 aromatic carbocycles. The largest absolute Gasteiger partial charge is 0.450 e. The zero-order valence-electron chi connectivity index (χ0n) is 16.3. The van der Waals surface area contributed by atoms with Gasteiger partial charge in [0, 0.05) is 17.1 Å². The van der Waals surface area contributed by atoms with Crippen molar-refractivity contribution in [3.63, 3.8) is 0 Å². The topological polar surface area (TPSA) is 98.5 Å². The molecule has 1 N–H and O–H groups in total. The number of aromatic nitrogens is 4. The van der Waals surface area contributed by atoms with Gasteiger partial charge < -0.3 is 10.1 Å². The molecule has 2 heterocycles. The SMILES string of the molecule is Cc1cc(C)n2nc(C(=O)OCC(=O)Nc3cc(C(F)(F)F)cc(C(F)(F)F)c3)nc2n1. The number of nitrogens with one attached hydrogen (secondary N) is 1. The normalized spacial score (nSPS) is 12.1. The van der Waals surface area contributed by atoms with Gasteiger partial charge in [-0.05, 0) is 38.1 Å². The monoisotopic (exact) mass is 461 g/mol. The Kier molecular flexibility index (Phi) is 5.80. The first-order valence-electron chi connectivity index (χ1n) is 8.71. The summed E-state index contributed by atoms with van der Waals surface area (Å²) in [7, 11) is 0. The molecule has 32 heavy (non-hydrogen) atoms. The molecular formula is C18H13F6N5O3. The zero-order chi connectivity index (χ0) is 23.8. The molecule has 0 spiro atoms. The van der Waals surface area contributed by atoms with E-state index in [1.807, 2.05) is 5.32 Å². The Labute approximate surface area is 175 Å². The van der Waals surface area contributed by atoms with Crippen LogP contribution in [-0.2, 0) is 21.9 Å². The van der Waals surface area contributed by atoms with Crippen LogP contribution in [0.25, 0.3) is 5.78 Å². The summed E-state index contributed by atoms with van der Waals surface area (Å²) in [6.45, 7) is 2.38. The molecule has 0 unspecified atom stereocenters. The predicted molar refractivity (Wildman–Crippen MR) is 95.6 cm³/mol. The van der Waals surface area contributed by atoms with Crippen molar-refractivity contribution in [3.8, 4) is 0 Å². The van der Waals surface area contributed by atoms with Crippen molar-refractivity contribution in [1.29, 1.82) is 0 Å². The van der Waals surface area contributed by atoms with E-state index in [9.17, 15) is 35.9 Å². The van der Waals surface area contributed by atoms with Crippen LogP contribution in [-0.4, -0.2) is 38.1 Å². The fraction of sp³-hybridized carbons (Fsp3) is 0.278. The smallest absolute Gasteiger partial charge is 0.416 e. The second-order valence-corrected chi connectivity index (χ2v) is 6.60. The van der Waals surface area contributed by atoms with Gasteiger partial charge in [-0.15, -0.1) is 5.10 Å². The van der Waals surface area contributed by atoms with Crippen LogP contribution in [0.3, 0.4) is 0 Å². The number of halogens is 6. The van der Waals surface area contributed by atoms with Crippen molar-refractivity contribution in [2.24, 2.45) is 0 Å². The Hall–Kier alpha value is -3.71. The number of carbonyl (C=O) groups is 2. The third kappa shape index (κ3) is 5.12. The van der Waals surface area contributed by atoms with E-state index in [4.69, 9.17) is 4.74 Å². The molecule has 3 rings (SSSR count). The standard InChI is InChI=1S/C18H13F6N5O3/c1-8-3-9(2)29-16(25-8)27-14(28-29)15(31)32-7-13(30)26-12-5-10(17(19,20)21)4-11(6-12)18(22,23)24/h3-6H,7H2,1-2H3,(H,26,30). The number of alkyl halides is 6. The Morgan fingerprint density at radius 1 is 0.969 bits per heavy atom. The summed E-state index contributed by atoms with van der Waals surface area (Å²) in [6.07, 6.45) is -10.2. The van der Waals surface area contributed by atoms with Crippen molar-refractivity contribution in [2.75, 3.05) is 11.9 Å². The van der Waals surface area contributed by atoms with Gasteiger partial charge in [-0.1, -0.05) is 0 Å². The summed E-state index contributed by atoms with van der Waals surface area (Å²) in [6, 6.07) is 2.25. The minimum absolute atomic E-state index is 0.0809. The lowest BCUT2D eigenvalue weighted by atomic mass is 10.1. The highest BCUT2D eigenvalue weighted by Gasteiger charge is 2.37. The number of anilines is 1.